The van der Waals surface area contributed by atoms with Gasteiger partial charge in [-0.3, -0.25) is 4.79 Å². The van der Waals surface area contributed by atoms with E-state index in [0.717, 1.165) is 32.8 Å². The average molecular weight is 386 g/mol. The number of aromatic nitrogens is 1. The Hall–Kier alpha value is -3.60. The van der Waals surface area contributed by atoms with Gasteiger partial charge in [-0.15, -0.1) is 0 Å². The highest BCUT2D eigenvalue weighted by Crippen LogP contribution is 2.21. The molecule has 0 fully saturated rings. The fourth-order valence-electron chi connectivity index (χ4n) is 3.72. The molecule has 0 spiro atoms. The van der Waals surface area contributed by atoms with Crippen LogP contribution in [0.15, 0.2) is 72.9 Å². The lowest BCUT2D eigenvalue weighted by molar-refractivity contribution is -0.145. The zero-order chi connectivity index (χ0) is 20.2. The SMILES string of the molecule is COC(=O)C(Cc1c[nH]c2ccccc12)NC(=O)Cc1cccc2ccccc12. The Morgan fingerprint density at radius 3 is 2.48 bits per heavy atom. The minimum Gasteiger partial charge on any atom is -0.467 e. The first-order chi connectivity index (χ1) is 14.2. The van der Waals surface area contributed by atoms with Gasteiger partial charge in [0, 0.05) is 23.5 Å². The van der Waals surface area contributed by atoms with Crippen LogP contribution in [0, 0.1) is 0 Å². The molecule has 5 heteroatoms. The molecule has 1 amide bonds. The number of amides is 1. The summed E-state index contributed by atoms with van der Waals surface area (Å²) in [5, 5.41) is 6.01. The third kappa shape index (κ3) is 3.99. The zero-order valence-electron chi connectivity index (χ0n) is 16.1. The maximum Gasteiger partial charge on any atom is 0.328 e. The minimum absolute atomic E-state index is 0.197. The Bertz CT molecular complexity index is 1170. The van der Waals surface area contributed by atoms with Gasteiger partial charge in [0.25, 0.3) is 0 Å². The Morgan fingerprint density at radius 2 is 1.66 bits per heavy atom. The molecule has 1 atom stereocenters. The monoisotopic (exact) mass is 386 g/mol. The van der Waals surface area contributed by atoms with Crippen LogP contribution in [-0.4, -0.2) is 30.0 Å². The number of hydrogen-bond donors (Lipinski definition) is 2. The molecule has 29 heavy (non-hydrogen) atoms. The molecule has 2 N–H and O–H groups in total. The summed E-state index contributed by atoms with van der Waals surface area (Å²) in [6.07, 6.45) is 2.43. The van der Waals surface area contributed by atoms with Crippen molar-refractivity contribution in [2.75, 3.05) is 7.11 Å². The molecule has 0 aliphatic heterocycles. The maximum atomic E-state index is 12.8. The van der Waals surface area contributed by atoms with E-state index in [1.807, 2.05) is 72.9 Å². The Labute approximate surface area is 168 Å². The van der Waals surface area contributed by atoms with Crippen molar-refractivity contribution in [2.24, 2.45) is 0 Å². The molecular weight excluding hydrogens is 364 g/mol. The Balaban J connectivity index is 1.53. The molecule has 146 valence electrons. The van der Waals surface area contributed by atoms with Crippen molar-refractivity contribution in [1.82, 2.24) is 10.3 Å². The molecule has 0 aliphatic carbocycles. The normalized spacial score (nSPS) is 12.0. The van der Waals surface area contributed by atoms with Crippen LogP contribution in [0.5, 0.6) is 0 Å². The van der Waals surface area contributed by atoms with Gasteiger partial charge in [0.15, 0.2) is 0 Å². The quantitative estimate of drug-likeness (QED) is 0.496. The second kappa shape index (κ2) is 8.19. The first-order valence-corrected chi connectivity index (χ1v) is 9.54. The van der Waals surface area contributed by atoms with E-state index in [1.165, 1.54) is 7.11 Å². The smallest absolute Gasteiger partial charge is 0.328 e. The number of rotatable bonds is 6. The molecule has 0 radical (unpaired) electrons. The molecule has 1 heterocycles. The van der Waals surface area contributed by atoms with Gasteiger partial charge in [-0.1, -0.05) is 60.7 Å². The van der Waals surface area contributed by atoms with Crippen LogP contribution in [0.3, 0.4) is 0 Å². The third-order valence-electron chi connectivity index (χ3n) is 5.15. The molecule has 1 unspecified atom stereocenters. The molecule has 4 rings (SSSR count). The van der Waals surface area contributed by atoms with Gasteiger partial charge < -0.3 is 15.0 Å². The van der Waals surface area contributed by atoms with Crippen LogP contribution in [0.25, 0.3) is 21.7 Å². The number of H-pyrrole nitrogens is 1. The van der Waals surface area contributed by atoms with E-state index in [4.69, 9.17) is 4.74 Å². The molecule has 5 nitrogen and oxygen atoms in total. The summed E-state index contributed by atoms with van der Waals surface area (Å²) in [7, 11) is 1.33. The van der Waals surface area contributed by atoms with E-state index in [9.17, 15) is 9.59 Å². The van der Waals surface area contributed by atoms with E-state index in [1.54, 1.807) is 0 Å². The molecule has 0 saturated carbocycles. The summed E-state index contributed by atoms with van der Waals surface area (Å²) in [4.78, 5) is 28.3. The van der Waals surface area contributed by atoms with Gasteiger partial charge >= 0.3 is 5.97 Å². The zero-order valence-corrected chi connectivity index (χ0v) is 16.1. The number of carbonyl (C=O) groups is 2. The molecule has 0 aliphatic rings. The fourth-order valence-corrected chi connectivity index (χ4v) is 3.72. The number of hydrogen-bond acceptors (Lipinski definition) is 3. The van der Waals surface area contributed by atoms with Crippen molar-refractivity contribution < 1.29 is 14.3 Å². The Kier molecular flexibility index (Phi) is 5.29. The van der Waals surface area contributed by atoms with Crippen LogP contribution in [0.2, 0.25) is 0 Å². The van der Waals surface area contributed by atoms with Crippen LogP contribution in [-0.2, 0) is 27.2 Å². The lowest BCUT2D eigenvalue weighted by Gasteiger charge is -2.17. The van der Waals surface area contributed by atoms with E-state index in [-0.39, 0.29) is 12.3 Å². The molecular formula is C24H22N2O3. The lowest BCUT2D eigenvalue weighted by Crippen LogP contribution is -2.43. The Morgan fingerprint density at radius 1 is 0.931 bits per heavy atom. The predicted molar refractivity (Wildman–Crippen MR) is 114 cm³/mol. The van der Waals surface area contributed by atoms with Gasteiger partial charge in [-0.2, -0.15) is 0 Å². The summed E-state index contributed by atoms with van der Waals surface area (Å²) in [5.74, 6) is -0.668. The fraction of sp³-hybridized carbons (Fsp3) is 0.167. The van der Waals surface area contributed by atoms with Gasteiger partial charge in [0.2, 0.25) is 5.91 Å². The first kappa shape index (κ1) is 18.7. The van der Waals surface area contributed by atoms with E-state index >= 15 is 0 Å². The first-order valence-electron chi connectivity index (χ1n) is 9.54. The highest BCUT2D eigenvalue weighted by atomic mass is 16.5. The average Bonchev–Trinajstić information content (AvgIpc) is 3.16. The van der Waals surface area contributed by atoms with Crippen LogP contribution in [0.4, 0.5) is 0 Å². The summed E-state index contributed by atoms with van der Waals surface area (Å²) < 4.78 is 4.93. The van der Waals surface area contributed by atoms with Crippen molar-refractivity contribution in [2.45, 2.75) is 18.9 Å². The van der Waals surface area contributed by atoms with Crippen molar-refractivity contribution in [3.63, 3.8) is 0 Å². The number of aromatic amines is 1. The molecule has 0 bridgehead atoms. The molecule has 4 aromatic rings. The second-order valence-corrected chi connectivity index (χ2v) is 7.02. The molecule has 0 saturated heterocycles. The van der Waals surface area contributed by atoms with Crippen LogP contribution >= 0.6 is 0 Å². The van der Waals surface area contributed by atoms with Crippen molar-refractivity contribution in [3.8, 4) is 0 Å². The summed E-state index contributed by atoms with van der Waals surface area (Å²) >= 11 is 0. The topological polar surface area (TPSA) is 71.2 Å². The molecule has 3 aromatic carbocycles. The number of nitrogens with one attached hydrogen (secondary N) is 2. The largest absolute Gasteiger partial charge is 0.467 e. The van der Waals surface area contributed by atoms with E-state index in [2.05, 4.69) is 10.3 Å². The van der Waals surface area contributed by atoms with Gasteiger partial charge in [-0.05, 0) is 28.0 Å². The number of fused-ring (bicyclic) bond motifs is 2. The van der Waals surface area contributed by atoms with E-state index < -0.39 is 12.0 Å². The highest BCUT2D eigenvalue weighted by molar-refractivity contribution is 5.92. The predicted octanol–water partition coefficient (Wildman–Crippen LogP) is 3.76. The minimum atomic E-state index is -0.748. The summed E-state index contributed by atoms with van der Waals surface area (Å²) in [6.45, 7) is 0. The standard InChI is InChI=1S/C24H22N2O3/c1-29-24(28)22(13-18-15-25-21-12-5-4-11-20(18)21)26-23(27)14-17-9-6-8-16-7-2-3-10-19(16)17/h2-12,15,22,25H,13-14H2,1H3,(H,26,27). The van der Waals surface area contributed by atoms with E-state index in [0.29, 0.717) is 6.42 Å². The van der Waals surface area contributed by atoms with Crippen LogP contribution < -0.4 is 5.32 Å². The number of methoxy groups -OCH3 is 1. The number of para-hydroxylation sites is 1. The summed E-state index contributed by atoms with van der Waals surface area (Å²) in [6, 6.07) is 21.0. The van der Waals surface area contributed by atoms with Gasteiger partial charge in [0.05, 0.1) is 13.5 Å². The maximum absolute atomic E-state index is 12.8. The van der Waals surface area contributed by atoms with Gasteiger partial charge in [0.1, 0.15) is 6.04 Å². The molecule has 1 aromatic heterocycles. The second-order valence-electron chi connectivity index (χ2n) is 7.02. The van der Waals surface area contributed by atoms with Crippen LogP contribution in [0.1, 0.15) is 11.1 Å². The lowest BCUT2D eigenvalue weighted by atomic mass is 10.0. The number of carbonyl (C=O) groups excluding carboxylic acids is 2. The number of benzene rings is 3. The summed E-state index contributed by atoms with van der Waals surface area (Å²) in [5.41, 5.74) is 2.88. The third-order valence-corrected chi connectivity index (χ3v) is 5.15. The van der Waals surface area contributed by atoms with Crippen molar-refractivity contribution >= 4 is 33.6 Å². The van der Waals surface area contributed by atoms with Gasteiger partial charge in [-0.25, -0.2) is 4.79 Å². The number of esters is 1. The highest BCUT2D eigenvalue weighted by Gasteiger charge is 2.23. The van der Waals surface area contributed by atoms with Crippen molar-refractivity contribution in [1.29, 1.82) is 0 Å². The number of ether oxygens (including phenoxy) is 1. The van der Waals surface area contributed by atoms with Crippen molar-refractivity contribution in [3.05, 3.63) is 84.1 Å².